The van der Waals surface area contributed by atoms with E-state index in [-0.39, 0.29) is 11.8 Å². The van der Waals surface area contributed by atoms with Gasteiger partial charge in [0, 0.05) is 23.4 Å². The zero-order valence-electron chi connectivity index (χ0n) is 9.50. The van der Waals surface area contributed by atoms with E-state index in [1.54, 1.807) is 19.0 Å². The quantitative estimate of drug-likeness (QED) is 0.821. The van der Waals surface area contributed by atoms with E-state index >= 15 is 0 Å². The van der Waals surface area contributed by atoms with E-state index in [0.29, 0.717) is 11.3 Å². The van der Waals surface area contributed by atoms with Crippen LogP contribution < -0.4 is 4.74 Å². The second kappa shape index (κ2) is 5.50. The summed E-state index contributed by atoms with van der Waals surface area (Å²) >= 11 is 4.13. The van der Waals surface area contributed by atoms with Crippen molar-refractivity contribution in [2.24, 2.45) is 0 Å². The normalized spacial score (nSPS) is 12.9. The molecule has 0 spiro atoms. The Bertz CT molecular complexity index is 371. The molecule has 2 nitrogen and oxygen atoms in total. The minimum Gasteiger partial charge on any atom is -0.494 e. The largest absolute Gasteiger partial charge is 0.494 e. The first-order valence-electron chi connectivity index (χ1n) is 4.81. The molecule has 0 heterocycles. The summed E-state index contributed by atoms with van der Waals surface area (Å²) in [4.78, 5) is 1.79. The third kappa shape index (κ3) is 2.65. The van der Waals surface area contributed by atoms with Crippen molar-refractivity contribution in [3.8, 4) is 5.75 Å². The van der Waals surface area contributed by atoms with Crippen molar-refractivity contribution in [1.29, 1.82) is 0 Å². The Kier molecular flexibility index (Phi) is 4.56. The summed E-state index contributed by atoms with van der Waals surface area (Å²) in [6, 6.07) is 1.96. The molecule has 0 aromatic heterocycles. The monoisotopic (exact) mass is 247 g/mol. The average Bonchev–Trinajstić information content (AvgIpc) is 2.23. The lowest BCUT2D eigenvalue weighted by Gasteiger charge is -2.23. The molecule has 1 atom stereocenters. The van der Waals surface area contributed by atoms with Crippen molar-refractivity contribution in [2.75, 3.05) is 27.0 Å². The molecule has 0 aliphatic heterocycles. The van der Waals surface area contributed by atoms with Gasteiger partial charge in [-0.1, -0.05) is 0 Å². The van der Waals surface area contributed by atoms with Crippen molar-refractivity contribution in [2.45, 2.75) is 6.04 Å². The van der Waals surface area contributed by atoms with E-state index in [1.165, 1.54) is 7.11 Å². The second-order valence-corrected chi connectivity index (χ2v) is 4.04. The van der Waals surface area contributed by atoms with Crippen LogP contribution in [-0.2, 0) is 0 Å². The minimum atomic E-state index is -0.562. The van der Waals surface area contributed by atoms with E-state index in [4.69, 9.17) is 4.74 Å². The number of ether oxygens (including phenoxy) is 1. The number of halogens is 2. The summed E-state index contributed by atoms with van der Waals surface area (Å²) < 4.78 is 31.9. The maximum absolute atomic E-state index is 13.7. The average molecular weight is 247 g/mol. The third-order valence-corrected chi connectivity index (χ3v) is 2.77. The zero-order chi connectivity index (χ0) is 12.3. The van der Waals surface area contributed by atoms with E-state index < -0.39 is 11.6 Å². The molecule has 0 radical (unpaired) electrons. The van der Waals surface area contributed by atoms with E-state index in [0.717, 1.165) is 12.1 Å². The topological polar surface area (TPSA) is 12.5 Å². The SMILES string of the molecule is COc1cc(F)c(C(CS)N(C)C)cc1F. The van der Waals surface area contributed by atoms with Gasteiger partial charge in [0.25, 0.3) is 0 Å². The van der Waals surface area contributed by atoms with Crippen molar-refractivity contribution >= 4 is 12.6 Å². The van der Waals surface area contributed by atoms with Crippen LogP contribution in [0.1, 0.15) is 11.6 Å². The van der Waals surface area contributed by atoms with Crippen LogP contribution in [0.4, 0.5) is 8.78 Å². The molecule has 5 heteroatoms. The van der Waals surface area contributed by atoms with Gasteiger partial charge >= 0.3 is 0 Å². The first-order valence-corrected chi connectivity index (χ1v) is 5.44. The second-order valence-electron chi connectivity index (χ2n) is 3.67. The number of hydrogen-bond donors (Lipinski definition) is 1. The van der Waals surface area contributed by atoms with Crippen LogP contribution in [0, 0.1) is 11.6 Å². The first kappa shape index (κ1) is 13.3. The van der Waals surface area contributed by atoms with Crippen molar-refractivity contribution < 1.29 is 13.5 Å². The lowest BCUT2D eigenvalue weighted by molar-refractivity contribution is 0.314. The minimum absolute atomic E-state index is 0.0853. The maximum Gasteiger partial charge on any atom is 0.165 e. The van der Waals surface area contributed by atoms with Crippen LogP contribution in [0.5, 0.6) is 5.75 Å². The summed E-state index contributed by atoms with van der Waals surface area (Å²) in [6.07, 6.45) is 0. The lowest BCUT2D eigenvalue weighted by atomic mass is 10.1. The predicted octanol–water partition coefficient (Wildman–Crippen LogP) is 2.51. The number of benzene rings is 1. The highest BCUT2D eigenvalue weighted by Crippen LogP contribution is 2.28. The number of thiol groups is 1. The van der Waals surface area contributed by atoms with Gasteiger partial charge in [0.1, 0.15) is 5.82 Å². The standard InChI is InChI=1S/C11H15F2NOS/c1-14(2)10(6-16)7-4-9(13)11(15-3)5-8(7)12/h4-5,10,16H,6H2,1-3H3. The van der Waals surface area contributed by atoms with Crippen LogP contribution >= 0.6 is 12.6 Å². The molecule has 0 bridgehead atoms. The smallest absolute Gasteiger partial charge is 0.165 e. The maximum atomic E-state index is 13.7. The van der Waals surface area contributed by atoms with Crippen LogP contribution in [0.15, 0.2) is 12.1 Å². The Morgan fingerprint density at radius 2 is 1.94 bits per heavy atom. The van der Waals surface area contributed by atoms with Gasteiger partial charge in [-0.25, -0.2) is 8.78 Å². The Morgan fingerprint density at radius 3 is 2.38 bits per heavy atom. The molecule has 16 heavy (non-hydrogen) atoms. The van der Waals surface area contributed by atoms with Crippen molar-refractivity contribution in [1.82, 2.24) is 4.90 Å². The van der Waals surface area contributed by atoms with Crippen molar-refractivity contribution in [3.63, 3.8) is 0 Å². The highest BCUT2D eigenvalue weighted by Gasteiger charge is 2.19. The fraction of sp³-hybridized carbons (Fsp3) is 0.455. The molecule has 1 aromatic rings. The molecule has 0 saturated carbocycles. The fourth-order valence-corrected chi connectivity index (χ4v) is 2.02. The van der Waals surface area contributed by atoms with Crippen molar-refractivity contribution in [3.05, 3.63) is 29.3 Å². The Labute approximate surface area is 99.6 Å². The molecule has 0 aliphatic rings. The number of rotatable bonds is 4. The fourth-order valence-electron chi connectivity index (χ4n) is 1.50. The Hall–Kier alpha value is -0.810. The predicted molar refractivity (Wildman–Crippen MR) is 63.2 cm³/mol. The highest BCUT2D eigenvalue weighted by molar-refractivity contribution is 7.80. The van der Waals surface area contributed by atoms with Crippen LogP contribution in [-0.4, -0.2) is 31.9 Å². The Morgan fingerprint density at radius 1 is 1.31 bits per heavy atom. The van der Waals surface area contributed by atoms with Gasteiger partial charge in [0.2, 0.25) is 0 Å². The molecule has 1 unspecified atom stereocenters. The molecule has 0 fully saturated rings. The van der Waals surface area contributed by atoms with E-state index in [1.807, 2.05) is 0 Å². The summed E-state index contributed by atoms with van der Waals surface area (Å²) in [5, 5.41) is 0. The van der Waals surface area contributed by atoms with Crippen LogP contribution in [0.2, 0.25) is 0 Å². The number of nitrogens with zero attached hydrogens (tertiary/aromatic N) is 1. The van der Waals surface area contributed by atoms with Crippen LogP contribution in [0.3, 0.4) is 0 Å². The summed E-state index contributed by atoms with van der Waals surface area (Å²) in [7, 11) is 4.89. The molecule has 0 N–H and O–H groups in total. The molecule has 90 valence electrons. The molecule has 0 aliphatic carbocycles. The molecule has 0 saturated heterocycles. The Balaban J connectivity index is 3.18. The van der Waals surface area contributed by atoms with Gasteiger partial charge in [0.15, 0.2) is 11.6 Å². The summed E-state index contributed by atoms with van der Waals surface area (Å²) in [5.41, 5.74) is 0.290. The molecular formula is C11H15F2NOS. The highest BCUT2D eigenvalue weighted by atomic mass is 32.1. The molecule has 1 rings (SSSR count). The van der Waals surface area contributed by atoms with Gasteiger partial charge in [-0.05, 0) is 20.2 Å². The number of methoxy groups -OCH3 is 1. The lowest BCUT2D eigenvalue weighted by Crippen LogP contribution is -2.22. The van der Waals surface area contributed by atoms with Gasteiger partial charge in [0.05, 0.1) is 7.11 Å². The van der Waals surface area contributed by atoms with E-state index in [2.05, 4.69) is 12.6 Å². The molecule has 0 amide bonds. The number of hydrogen-bond acceptors (Lipinski definition) is 3. The summed E-state index contributed by atoms with van der Waals surface area (Å²) in [5.74, 6) is -0.716. The zero-order valence-corrected chi connectivity index (χ0v) is 10.4. The van der Waals surface area contributed by atoms with E-state index in [9.17, 15) is 8.78 Å². The molecular weight excluding hydrogens is 232 g/mol. The van der Waals surface area contributed by atoms with Gasteiger partial charge in [-0.3, -0.25) is 0 Å². The van der Waals surface area contributed by atoms with Crippen LogP contribution in [0.25, 0.3) is 0 Å². The van der Waals surface area contributed by atoms with Gasteiger partial charge < -0.3 is 9.64 Å². The van der Waals surface area contributed by atoms with Gasteiger partial charge in [-0.15, -0.1) is 0 Å². The summed E-state index contributed by atoms with van der Waals surface area (Å²) in [6.45, 7) is 0. The first-order chi connectivity index (χ1) is 7.51. The third-order valence-electron chi connectivity index (χ3n) is 2.43. The van der Waals surface area contributed by atoms with Gasteiger partial charge in [-0.2, -0.15) is 12.6 Å². The molecule has 1 aromatic carbocycles.